The summed E-state index contributed by atoms with van der Waals surface area (Å²) in [5.74, 6) is 1.89. The summed E-state index contributed by atoms with van der Waals surface area (Å²) in [5, 5.41) is 8.36. The Morgan fingerprint density at radius 3 is 2.38 bits per heavy atom. The van der Waals surface area contributed by atoms with Crippen LogP contribution in [0.15, 0.2) is 97.2 Å². The van der Waals surface area contributed by atoms with Gasteiger partial charge in [-0.2, -0.15) is 5.10 Å². The molecule has 0 aliphatic heterocycles. The van der Waals surface area contributed by atoms with Crippen LogP contribution in [0.4, 0.5) is 5.69 Å². The Hall–Kier alpha value is -4.45. The van der Waals surface area contributed by atoms with Crippen LogP contribution >= 0.6 is 0 Å². The summed E-state index contributed by atoms with van der Waals surface area (Å²) in [6.07, 6.45) is 1.56. The van der Waals surface area contributed by atoms with Gasteiger partial charge < -0.3 is 10.1 Å². The molecule has 2 aromatic heterocycles. The van der Waals surface area contributed by atoms with E-state index >= 15 is 0 Å². The minimum absolute atomic E-state index is 0.230. The average molecular weight is 420 g/mol. The summed E-state index contributed by atoms with van der Waals surface area (Å²) in [5.41, 5.74) is 2.76. The molecule has 156 valence electrons. The van der Waals surface area contributed by atoms with E-state index in [-0.39, 0.29) is 5.91 Å². The van der Waals surface area contributed by atoms with E-state index in [1.165, 1.54) is 0 Å². The van der Waals surface area contributed by atoms with E-state index in [2.05, 4.69) is 15.4 Å². The van der Waals surface area contributed by atoms with Gasteiger partial charge in [0.1, 0.15) is 11.5 Å². The highest BCUT2D eigenvalue weighted by Gasteiger charge is 2.16. The van der Waals surface area contributed by atoms with Gasteiger partial charge in [0, 0.05) is 11.1 Å². The molecule has 6 heteroatoms. The zero-order chi connectivity index (χ0) is 21.9. The zero-order valence-electron chi connectivity index (χ0n) is 17.4. The number of rotatable bonds is 5. The van der Waals surface area contributed by atoms with Crippen molar-refractivity contribution >= 4 is 22.5 Å². The van der Waals surface area contributed by atoms with E-state index in [0.29, 0.717) is 28.5 Å². The summed E-state index contributed by atoms with van der Waals surface area (Å²) in [4.78, 5) is 17.5. The summed E-state index contributed by atoms with van der Waals surface area (Å²) in [7, 11) is 0. The van der Waals surface area contributed by atoms with Crippen molar-refractivity contribution in [3.8, 4) is 17.3 Å². The molecule has 0 bridgehead atoms. The van der Waals surface area contributed by atoms with E-state index in [1.807, 2.05) is 85.8 Å². The first kappa shape index (κ1) is 19.5. The number of aromatic nitrogens is 3. The van der Waals surface area contributed by atoms with Crippen molar-refractivity contribution in [2.75, 3.05) is 5.32 Å². The van der Waals surface area contributed by atoms with Crippen LogP contribution in [-0.4, -0.2) is 20.7 Å². The molecule has 5 aromatic rings. The first-order valence-corrected chi connectivity index (χ1v) is 10.2. The molecule has 0 radical (unpaired) electrons. The van der Waals surface area contributed by atoms with Crippen LogP contribution < -0.4 is 10.1 Å². The second-order valence-corrected chi connectivity index (χ2v) is 7.31. The van der Waals surface area contributed by atoms with Gasteiger partial charge in [-0.15, -0.1) is 0 Å². The monoisotopic (exact) mass is 420 g/mol. The van der Waals surface area contributed by atoms with Crippen LogP contribution in [-0.2, 0) is 0 Å². The molecular weight excluding hydrogens is 400 g/mol. The number of amides is 1. The third-order valence-electron chi connectivity index (χ3n) is 5.15. The molecule has 32 heavy (non-hydrogen) atoms. The Kier molecular flexibility index (Phi) is 5.09. The third kappa shape index (κ3) is 3.94. The van der Waals surface area contributed by atoms with Crippen molar-refractivity contribution in [1.82, 2.24) is 14.8 Å². The molecule has 6 nitrogen and oxygen atoms in total. The highest BCUT2D eigenvalue weighted by Crippen LogP contribution is 2.23. The van der Waals surface area contributed by atoms with Gasteiger partial charge in [0.05, 0.1) is 23.0 Å². The average Bonchev–Trinajstić information content (AvgIpc) is 3.22. The van der Waals surface area contributed by atoms with Gasteiger partial charge in [-0.3, -0.25) is 4.79 Å². The number of anilines is 1. The van der Waals surface area contributed by atoms with Gasteiger partial charge >= 0.3 is 0 Å². The normalized spacial score (nSPS) is 10.8. The lowest BCUT2D eigenvalue weighted by Crippen LogP contribution is -2.13. The lowest BCUT2D eigenvalue weighted by molar-refractivity contribution is 0.102. The number of benzene rings is 3. The minimum Gasteiger partial charge on any atom is -0.457 e. The highest BCUT2D eigenvalue weighted by molar-refractivity contribution is 6.05. The van der Waals surface area contributed by atoms with Crippen molar-refractivity contribution in [3.63, 3.8) is 0 Å². The summed E-state index contributed by atoms with van der Waals surface area (Å²) in [6, 6.07) is 28.6. The third-order valence-corrected chi connectivity index (χ3v) is 5.15. The van der Waals surface area contributed by atoms with Crippen LogP contribution in [0.25, 0.3) is 16.7 Å². The van der Waals surface area contributed by atoms with Crippen molar-refractivity contribution in [2.24, 2.45) is 0 Å². The summed E-state index contributed by atoms with van der Waals surface area (Å²) < 4.78 is 7.47. The summed E-state index contributed by atoms with van der Waals surface area (Å²) in [6.45, 7) is 1.86. The molecule has 0 atom stereocenters. The Balaban J connectivity index is 1.32. The Morgan fingerprint density at radius 2 is 1.56 bits per heavy atom. The van der Waals surface area contributed by atoms with E-state index in [1.54, 1.807) is 23.0 Å². The summed E-state index contributed by atoms with van der Waals surface area (Å²) >= 11 is 0. The van der Waals surface area contributed by atoms with Crippen LogP contribution in [0.2, 0.25) is 0 Å². The second-order valence-electron chi connectivity index (χ2n) is 7.31. The maximum absolute atomic E-state index is 12.9. The zero-order valence-corrected chi connectivity index (χ0v) is 17.4. The molecule has 1 amide bonds. The number of para-hydroxylation sites is 2. The molecule has 0 unspecified atom stereocenters. The number of fused-ring (bicyclic) bond motifs is 1. The number of nitrogens with one attached hydrogen (secondary N) is 1. The molecule has 0 fully saturated rings. The number of pyridine rings is 1. The van der Waals surface area contributed by atoms with E-state index < -0.39 is 0 Å². The fraction of sp³-hybridized carbons (Fsp3) is 0.0385. The topological polar surface area (TPSA) is 69.0 Å². The van der Waals surface area contributed by atoms with Crippen LogP contribution in [0.3, 0.4) is 0 Å². The Bertz CT molecular complexity index is 1390. The standard InChI is InChI=1S/C26H20N4O2/c1-18-23(17-27-30(18)25-16-11-19-7-5-6-10-24(19)29-25)26(31)28-20-12-14-22(15-13-20)32-21-8-3-2-4-9-21/h2-17H,1H3,(H,28,31). The van der Waals surface area contributed by atoms with Crippen LogP contribution in [0.1, 0.15) is 16.1 Å². The van der Waals surface area contributed by atoms with E-state index in [4.69, 9.17) is 4.74 Å². The maximum atomic E-state index is 12.9. The number of ether oxygens (including phenoxy) is 1. The fourth-order valence-corrected chi connectivity index (χ4v) is 3.47. The van der Waals surface area contributed by atoms with Gasteiger partial charge in [-0.1, -0.05) is 36.4 Å². The quantitative estimate of drug-likeness (QED) is 0.392. The molecule has 5 rings (SSSR count). The van der Waals surface area contributed by atoms with E-state index in [0.717, 1.165) is 16.7 Å². The van der Waals surface area contributed by atoms with E-state index in [9.17, 15) is 4.79 Å². The minimum atomic E-state index is -0.230. The molecule has 0 aliphatic rings. The first-order chi connectivity index (χ1) is 15.7. The predicted octanol–water partition coefficient (Wildman–Crippen LogP) is 5.77. The maximum Gasteiger partial charge on any atom is 0.259 e. The second kappa shape index (κ2) is 8.35. The smallest absolute Gasteiger partial charge is 0.259 e. The van der Waals surface area contributed by atoms with Gasteiger partial charge in [0.2, 0.25) is 0 Å². The van der Waals surface area contributed by atoms with Crippen molar-refractivity contribution in [1.29, 1.82) is 0 Å². The van der Waals surface area contributed by atoms with Gasteiger partial charge in [0.25, 0.3) is 5.91 Å². The lowest BCUT2D eigenvalue weighted by atomic mass is 10.2. The van der Waals surface area contributed by atoms with Gasteiger partial charge in [0.15, 0.2) is 5.82 Å². The van der Waals surface area contributed by atoms with Crippen molar-refractivity contribution in [2.45, 2.75) is 6.92 Å². The highest BCUT2D eigenvalue weighted by atomic mass is 16.5. The van der Waals surface area contributed by atoms with Crippen molar-refractivity contribution in [3.05, 3.63) is 108 Å². The Labute approximate surface area is 185 Å². The molecule has 1 N–H and O–H groups in total. The number of carbonyl (C=O) groups is 1. The predicted molar refractivity (Wildman–Crippen MR) is 125 cm³/mol. The SMILES string of the molecule is Cc1c(C(=O)Nc2ccc(Oc3ccccc3)cc2)cnn1-c1ccc2ccccc2n1. The molecule has 0 saturated heterocycles. The molecule has 0 spiro atoms. The molecular formula is C26H20N4O2. The lowest BCUT2D eigenvalue weighted by Gasteiger charge is -2.09. The Morgan fingerprint density at radius 1 is 0.844 bits per heavy atom. The molecule has 0 aliphatic carbocycles. The number of carbonyl (C=O) groups excluding carboxylic acids is 1. The first-order valence-electron chi connectivity index (χ1n) is 10.2. The van der Waals surface area contributed by atoms with Crippen LogP contribution in [0, 0.1) is 6.92 Å². The molecule has 3 aromatic carbocycles. The molecule has 0 saturated carbocycles. The number of hydrogen-bond donors (Lipinski definition) is 1. The van der Waals surface area contributed by atoms with Gasteiger partial charge in [-0.05, 0) is 61.5 Å². The number of hydrogen-bond acceptors (Lipinski definition) is 4. The number of nitrogens with zero attached hydrogens (tertiary/aromatic N) is 3. The molecule has 2 heterocycles. The largest absolute Gasteiger partial charge is 0.457 e. The van der Waals surface area contributed by atoms with Gasteiger partial charge in [-0.25, -0.2) is 9.67 Å². The fourth-order valence-electron chi connectivity index (χ4n) is 3.47. The van der Waals surface area contributed by atoms with Crippen LogP contribution in [0.5, 0.6) is 11.5 Å². The van der Waals surface area contributed by atoms with Crippen molar-refractivity contribution < 1.29 is 9.53 Å².